The van der Waals surface area contributed by atoms with Crippen molar-refractivity contribution < 1.29 is 13.2 Å². The minimum absolute atomic E-state index is 0.209. The van der Waals surface area contributed by atoms with Gasteiger partial charge in [0.05, 0.1) is 5.25 Å². The van der Waals surface area contributed by atoms with Crippen molar-refractivity contribution in [2.45, 2.75) is 36.1 Å². The average Bonchev–Trinajstić information content (AvgIpc) is 3.29. The second-order valence-corrected chi connectivity index (χ2v) is 8.56. The first-order valence-electron chi connectivity index (χ1n) is 8.14. The first-order chi connectivity index (χ1) is 11.5. The predicted molar refractivity (Wildman–Crippen MR) is 89.2 cm³/mol. The third-order valence-electron chi connectivity index (χ3n) is 4.96. The highest BCUT2D eigenvalue weighted by atomic mass is 32.2. The van der Waals surface area contributed by atoms with E-state index in [-0.39, 0.29) is 11.1 Å². The van der Waals surface area contributed by atoms with E-state index in [9.17, 15) is 13.2 Å². The van der Waals surface area contributed by atoms with Gasteiger partial charge in [-0.1, -0.05) is 18.6 Å². The van der Waals surface area contributed by atoms with Gasteiger partial charge in [-0.15, -0.1) is 18.3 Å². The molecule has 130 valence electrons. The molecular formula is C16H22N4O3S. The maximum atomic E-state index is 12.8. The van der Waals surface area contributed by atoms with Crippen LogP contribution >= 0.6 is 0 Å². The lowest BCUT2D eigenvalue weighted by Crippen LogP contribution is -2.35. The topological polar surface area (TPSA) is 85.2 Å². The van der Waals surface area contributed by atoms with Gasteiger partial charge in [0, 0.05) is 13.1 Å². The van der Waals surface area contributed by atoms with Crippen LogP contribution in [0.4, 0.5) is 4.79 Å². The highest BCUT2D eigenvalue weighted by Gasteiger charge is 2.47. The molecule has 2 saturated carbocycles. The molecule has 2 fully saturated rings. The molecule has 2 aliphatic carbocycles. The van der Waals surface area contributed by atoms with Crippen LogP contribution in [-0.2, 0) is 9.84 Å². The highest BCUT2D eigenvalue weighted by Crippen LogP contribution is 2.48. The molecule has 3 unspecified atom stereocenters. The van der Waals surface area contributed by atoms with Crippen LogP contribution in [0.5, 0.6) is 0 Å². The van der Waals surface area contributed by atoms with Gasteiger partial charge in [0.25, 0.3) is 5.16 Å². The molecule has 0 spiro atoms. The minimum Gasteiger partial charge on any atom is -0.315 e. The number of fused-ring (bicyclic) bond motifs is 2. The van der Waals surface area contributed by atoms with E-state index in [0.717, 1.165) is 23.9 Å². The van der Waals surface area contributed by atoms with Crippen molar-refractivity contribution in [3.05, 3.63) is 31.6 Å². The smallest absolute Gasteiger partial charge is 0.315 e. The van der Waals surface area contributed by atoms with Crippen molar-refractivity contribution in [3.63, 3.8) is 0 Å². The first-order valence-corrected chi connectivity index (χ1v) is 9.68. The summed E-state index contributed by atoms with van der Waals surface area (Å²) >= 11 is 0. The van der Waals surface area contributed by atoms with Crippen molar-refractivity contribution in [2.75, 3.05) is 13.1 Å². The summed E-state index contributed by atoms with van der Waals surface area (Å²) in [5.74, 6) is 0.717. The zero-order chi connectivity index (χ0) is 17.3. The van der Waals surface area contributed by atoms with Gasteiger partial charge in [0.15, 0.2) is 0 Å². The molecule has 3 atom stereocenters. The molecule has 3 rings (SSSR count). The van der Waals surface area contributed by atoms with Crippen LogP contribution < -0.4 is 0 Å². The van der Waals surface area contributed by atoms with Crippen molar-refractivity contribution in [1.29, 1.82) is 0 Å². The number of rotatable bonds is 6. The van der Waals surface area contributed by atoms with E-state index in [1.54, 1.807) is 12.2 Å². The Labute approximate surface area is 142 Å². The summed E-state index contributed by atoms with van der Waals surface area (Å²) in [5, 5.41) is 3.31. The van der Waals surface area contributed by atoms with Gasteiger partial charge in [-0.3, -0.25) is 0 Å². The van der Waals surface area contributed by atoms with Crippen LogP contribution in [0.3, 0.4) is 0 Å². The fraction of sp³-hybridized carbons (Fsp3) is 0.562. The zero-order valence-corrected chi connectivity index (χ0v) is 14.4. The summed E-state index contributed by atoms with van der Waals surface area (Å²) in [6.07, 6.45) is 8.10. The molecule has 1 aromatic rings. The molecule has 1 aromatic heterocycles. The van der Waals surface area contributed by atoms with Crippen LogP contribution in [0.25, 0.3) is 0 Å². The lowest BCUT2D eigenvalue weighted by Gasteiger charge is -2.20. The Hall–Kier alpha value is -1.96. The van der Waals surface area contributed by atoms with Crippen molar-refractivity contribution in [3.8, 4) is 0 Å². The maximum Gasteiger partial charge on any atom is 0.346 e. The number of carbonyl (C=O) groups is 1. The molecule has 1 heterocycles. The quantitative estimate of drug-likeness (QED) is 0.731. The standard InChI is InChI=1S/C16H22N4O3S/c1-3-7-19(8-4-2)16(21)20-11-17-15(18-20)24(22,23)14-10-12-5-6-13(14)9-12/h3-4,11-14H,1-2,5-10H2. The Morgan fingerprint density at radius 2 is 2.00 bits per heavy atom. The lowest BCUT2D eigenvalue weighted by molar-refractivity contribution is 0.206. The number of aromatic nitrogens is 3. The molecule has 0 aromatic carbocycles. The number of hydrogen-bond acceptors (Lipinski definition) is 5. The molecule has 24 heavy (non-hydrogen) atoms. The number of nitrogens with zero attached hydrogens (tertiary/aromatic N) is 4. The van der Waals surface area contributed by atoms with E-state index >= 15 is 0 Å². The molecular weight excluding hydrogens is 328 g/mol. The van der Waals surface area contributed by atoms with E-state index in [1.165, 1.54) is 11.2 Å². The fourth-order valence-corrected chi connectivity index (χ4v) is 5.81. The molecule has 0 radical (unpaired) electrons. The van der Waals surface area contributed by atoms with Gasteiger partial charge in [-0.2, -0.15) is 4.68 Å². The summed E-state index contributed by atoms with van der Waals surface area (Å²) in [6.45, 7) is 7.85. The minimum atomic E-state index is -3.59. The van der Waals surface area contributed by atoms with Crippen LogP contribution in [0, 0.1) is 11.8 Å². The summed E-state index contributed by atoms with van der Waals surface area (Å²) in [5.41, 5.74) is 0. The van der Waals surface area contributed by atoms with E-state index in [0.29, 0.717) is 25.4 Å². The second-order valence-electron chi connectivity index (χ2n) is 6.49. The monoisotopic (exact) mass is 350 g/mol. The summed E-state index contributed by atoms with van der Waals surface area (Å²) in [4.78, 5) is 17.8. The summed E-state index contributed by atoms with van der Waals surface area (Å²) < 4.78 is 26.6. The van der Waals surface area contributed by atoms with Crippen molar-refractivity contribution in [2.24, 2.45) is 11.8 Å². The zero-order valence-electron chi connectivity index (χ0n) is 13.5. The van der Waals surface area contributed by atoms with Gasteiger partial charge < -0.3 is 4.90 Å². The predicted octanol–water partition coefficient (Wildman–Crippen LogP) is 1.88. The Bertz CT molecular complexity index is 745. The Kier molecular flexibility index (Phi) is 4.58. The molecule has 2 bridgehead atoms. The van der Waals surface area contributed by atoms with Crippen LogP contribution in [-0.4, -0.2) is 52.5 Å². The number of amides is 1. The van der Waals surface area contributed by atoms with Gasteiger partial charge >= 0.3 is 6.03 Å². The maximum absolute atomic E-state index is 12.8. The van der Waals surface area contributed by atoms with Gasteiger partial charge in [-0.05, 0) is 31.1 Å². The molecule has 2 aliphatic rings. The third-order valence-corrected chi connectivity index (χ3v) is 7.03. The van der Waals surface area contributed by atoms with Crippen LogP contribution in [0.15, 0.2) is 36.8 Å². The summed E-state index contributed by atoms with van der Waals surface area (Å²) in [6, 6.07) is -0.448. The molecule has 8 heteroatoms. The molecule has 0 saturated heterocycles. The van der Waals surface area contributed by atoms with Crippen LogP contribution in [0.1, 0.15) is 25.7 Å². The van der Waals surface area contributed by atoms with Gasteiger partial charge in [0.1, 0.15) is 6.33 Å². The van der Waals surface area contributed by atoms with Crippen LogP contribution in [0.2, 0.25) is 0 Å². The van der Waals surface area contributed by atoms with Crippen molar-refractivity contribution in [1.82, 2.24) is 19.7 Å². The van der Waals surface area contributed by atoms with E-state index in [1.807, 2.05) is 0 Å². The Balaban J connectivity index is 1.80. The number of hydrogen-bond donors (Lipinski definition) is 0. The molecule has 7 nitrogen and oxygen atoms in total. The average molecular weight is 350 g/mol. The van der Waals surface area contributed by atoms with Crippen molar-refractivity contribution >= 4 is 15.9 Å². The summed E-state index contributed by atoms with van der Waals surface area (Å²) in [7, 11) is -3.59. The fourth-order valence-electron chi connectivity index (χ4n) is 3.86. The molecule has 0 aliphatic heterocycles. The SMILES string of the molecule is C=CCN(CC=C)C(=O)n1cnc(S(=O)(=O)C2CC3CCC2C3)n1. The van der Waals surface area contributed by atoms with E-state index in [4.69, 9.17) is 0 Å². The van der Waals surface area contributed by atoms with Gasteiger partial charge in [0.2, 0.25) is 9.84 Å². The molecule has 0 N–H and O–H groups in total. The third kappa shape index (κ3) is 2.90. The normalized spacial score (nSPS) is 25.6. The first kappa shape index (κ1) is 16.9. The van der Waals surface area contributed by atoms with E-state index < -0.39 is 21.1 Å². The molecule has 1 amide bonds. The Morgan fingerprint density at radius 1 is 1.29 bits per heavy atom. The number of sulfone groups is 1. The number of carbonyl (C=O) groups excluding carboxylic acids is 1. The Morgan fingerprint density at radius 3 is 2.54 bits per heavy atom. The van der Waals surface area contributed by atoms with E-state index in [2.05, 4.69) is 23.2 Å². The lowest BCUT2D eigenvalue weighted by atomic mass is 10.0. The second kappa shape index (κ2) is 6.51. The largest absolute Gasteiger partial charge is 0.346 e. The van der Waals surface area contributed by atoms with Gasteiger partial charge in [-0.25, -0.2) is 18.2 Å². The highest BCUT2D eigenvalue weighted by molar-refractivity contribution is 7.91.